The van der Waals surface area contributed by atoms with Crippen molar-refractivity contribution < 1.29 is 4.79 Å². The van der Waals surface area contributed by atoms with E-state index in [1.165, 1.54) is 11.3 Å². The first-order chi connectivity index (χ1) is 17.3. The zero-order chi connectivity index (χ0) is 25.4. The first kappa shape index (κ1) is 24.2. The number of ketones is 1. The van der Waals surface area contributed by atoms with Crippen LogP contribution in [0.5, 0.6) is 0 Å². The molecule has 1 unspecified atom stereocenters. The highest BCUT2D eigenvalue weighted by atomic mass is 35.5. The SMILES string of the molecule is C=C(Nc1ccccc1)C1=C(C)Nc2sc(C(=O)c3ccc(Cl)cc3)c(N)c2C1c1ccccc1Cl. The molecule has 180 valence electrons. The molecule has 1 aromatic heterocycles. The number of hydrogen-bond acceptors (Lipinski definition) is 5. The molecule has 4 aromatic rings. The molecule has 0 amide bonds. The molecule has 0 saturated carbocycles. The monoisotopic (exact) mass is 531 g/mol. The maximum absolute atomic E-state index is 13.4. The summed E-state index contributed by atoms with van der Waals surface area (Å²) < 4.78 is 0. The second-order valence-corrected chi connectivity index (χ2v) is 10.4. The van der Waals surface area contributed by atoms with Gasteiger partial charge >= 0.3 is 0 Å². The van der Waals surface area contributed by atoms with Gasteiger partial charge in [-0.1, -0.05) is 66.2 Å². The Morgan fingerprint density at radius 1 is 1.00 bits per heavy atom. The van der Waals surface area contributed by atoms with Gasteiger partial charge in [0.1, 0.15) is 4.88 Å². The second-order valence-electron chi connectivity index (χ2n) is 8.51. The van der Waals surface area contributed by atoms with Crippen molar-refractivity contribution in [3.8, 4) is 0 Å². The molecule has 1 aliphatic rings. The van der Waals surface area contributed by atoms with Crippen molar-refractivity contribution in [2.24, 2.45) is 0 Å². The normalized spacial score (nSPS) is 14.7. The lowest BCUT2D eigenvalue weighted by Crippen LogP contribution is -2.21. The second kappa shape index (κ2) is 9.86. The standard InChI is InChI=1S/C29H23Cl2N3OS/c1-16(33-20-8-4-3-5-9-20)23-17(2)34-29-25(24(23)21-10-6-7-11-22(21)31)26(32)28(36-29)27(35)18-12-14-19(30)15-13-18/h3-15,24,33-34H,1,32H2,2H3. The highest BCUT2D eigenvalue weighted by molar-refractivity contribution is 7.19. The van der Waals surface area contributed by atoms with E-state index in [-0.39, 0.29) is 11.7 Å². The number of carbonyl (C=O) groups is 1. The molecule has 1 atom stereocenters. The van der Waals surface area contributed by atoms with E-state index >= 15 is 0 Å². The highest BCUT2D eigenvalue weighted by Crippen LogP contribution is 2.52. The molecule has 0 bridgehead atoms. The maximum atomic E-state index is 13.4. The topological polar surface area (TPSA) is 67.1 Å². The van der Waals surface area contributed by atoms with Crippen LogP contribution in [0.3, 0.4) is 0 Å². The molecule has 0 radical (unpaired) electrons. The summed E-state index contributed by atoms with van der Waals surface area (Å²) in [5.74, 6) is -0.467. The van der Waals surface area contributed by atoms with Gasteiger partial charge in [0.2, 0.25) is 5.78 Å². The van der Waals surface area contributed by atoms with Crippen LogP contribution in [0.1, 0.15) is 39.2 Å². The predicted molar refractivity (Wildman–Crippen MR) is 152 cm³/mol. The van der Waals surface area contributed by atoms with E-state index in [1.54, 1.807) is 24.3 Å². The predicted octanol–water partition coefficient (Wildman–Crippen LogP) is 8.33. The molecule has 1 aliphatic heterocycles. The van der Waals surface area contributed by atoms with Gasteiger partial charge < -0.3 is 16.4 Å². The van der Waals surface area contributed by atoms with Gasteiger partial charge in [0.25, 0.3) is 0 Å². The quantitative estimate of drug-likeness (QED) is 0.219. The third-order valence-corrected chi connectivity index (χ3v) is 7.92. The van der Waals surface area contributed by atoms with Crippen LogP contribution in [0.15, 0.2) is 102 Å². The largest absolute Gasteiger partial charge is 0.397 e. The van der Waals surface area contributed by atoms with Crippen molar-refractivity contribution in [3.63, 3.8) is 0 Å². The number of benzene rings is 3. The summed E-state index contributed by atoms with van der Waals surface area (Å²) in [5.41, 5.74) is 12.9. The number of thiophene rings is 1. The van der Waals surface area contributed by atoms with Crippen LogP contribution in [-0.4, -0.2) is 5.78 Å². The maximum Gasteiger partial charge on any atom is 0.205 e. The fourth-order valence-corrected chi connectivity index (χ4v) is 6.07. The van der Waals surface area contributed by atoms with E-state index in [9.17, 15) is 4.79 Å². The summed E-state index contributed by atoms with van der Waals surface area (Å²) in [6, 6.07) is 24.4. The number of anilines is 3. The van der Waals surface area contributed by atoms with E-state index in [4.69, 9.17) is 28.9 Å². The van der Waals surface area contributed by atoms with Crippen LogP contribution in [0.25, 0.3) is 0 Å². The molecule has 2 heterocycles. The van der Waals surface area contributed by atoms with Gasteiger partial charge in [0.15, 0.2) is 0 Å². The van der Waals surface area contributed by atoms with Crippen molar-refractivity contribution in [1.29, 1.82) is 0 Å². The number of hydrogen-bond donors (Lipinski definition) is 3. The minimum absolute atomic E-state index is 0.149. The van der Waals surface area contributed by atoms with Crippen LogP contribution in [0, 0.1) is 0 Å². The average Bonchev–Trinajstić information content (AvgIpc) is 3.19. The molecule has 0 fully saturated rings. The first-order valence-corrected chi connectivity index (χ1v) is 12.9. The van der Waals surface area contributed by atoms with Crippen molar-refractivity contribution in [3.05, 3.63) is 134 Å². The molecule has 36 heavy (non-hydrogen) atoms. The van der Waals surface area contributed by atoms with Crippen LogP contribution in [0.4, 0.5) is 16.4 Å². The van der Waals surface area contributed by atoms with Crippen LogP contribution in [0.2, 0.25) is 10.0 Å². The average molecular weight is 532 g/mol. The molecule has 5 rings (SSSR count). The Hall–Kier alpha value is -3.51. The number of nitrogens with one attached hydrogen (secondary N) is 2. The van der Waals surface area contributed by atoms with E-state index in [0.717, 1.165) is 38.8 Å². The lowest BCUT2D eigenvalue weighted by atomic mass is 9.80. The van der Waals surface area contributed by atoms with Crippen LogP contribution < -0.4 is 16.4 Å². The number of halogens is 2. The summed E-state index contributed by atoms with van der Waals surface area (Å²) in [4.78, 5) is 13.9. The van der Waals surface area contributed by atoms with E-state index in [2.05, 4.69) is 17.2 Å². The van der Waals surface area contributed by atoms with Crippen LogP contribution in [-0.2, 0) is 0 Å². The summed E-state index contributed by atoms with van der Waals surface area (Å²) in [6.45, 7) is 6.36. The Balaban J connectivity index is 1.64. The molecule has 0 spiro atoms. The lowest BCUT2D eigenvalue weighted by molar-refractivity contribution is 0.104. The third kappa shape index (κ3) is 4.42. The summed E-state index contributed by atoms with van der Waals surface area (Å²) in [7, 11) is 0. The van der Waals surface area contributed by atoms with Crippen molar-refractivity contribution in [2.75, 3.05) is 16.4 Å². The van der Waals surface area contributed by atoms with E-state index in [0.29, 0.717) is 26.2 Å². The van der Waals surface area contributed by atoms with Gasteiger partial charge in [-0.05, 0) is 55.0 Å². The summed E-state index contributed by atoms with van der Waals surface area (Å²) in [5, 5.41) is 8.90. The zero-order valence-corrected chi connectivity index (χ0v) is 21.8. The Morgan fingerprint density at radius 2 is 1.67 bits per heavy atom. The number of para-hydroxylation sites is 1. The molecule has 4 N–H and O–H groups in total. The molecular formula is C29H23Cl2N3OS. The molecule has 0 aliphatic carbocycles. The zero-order valence-electron chi connectivity index (χ0n) is 19.4. The van der Waals surface area contributed by atoms with E-state index < -0.39 is 0 Å². The van der Waals surface area contributed by atoms with Gasteiger partial charge in [-0.25, -0.2) is 0 Å². The number of rotatable bonds is 6. The number of nitrogen functional groups attached to an aromatic ring is 1. The smallest absolute Gasteiger partial charge is 0.205 e. The minimum atomic E-state index is -0.318. The third-order valence-electron chi connectivity index (χ3n) is 6.19. The summed E-state index contributed by atoms with van der Waals surface area (Å²) in [6.07, 6.45) is 0. The number of fused-ring (bicyclic) bond motifs is 1. The first-order valence-electron chi connectivity index (χ1n) is 11.3. The molecular weight excluding hydrogens is 509 g/mol. The molecule has 3 aromatic carbocycles. The minimum Gasteiger partial charge on any atom is -0.397 e. The van der Waals surface area contributed by atoms with Crippen molar-refractivity contribution in [2.45, 2.75) is 12.8 Å². The Labute approximate surface area is 224 Å². The molecule has 4 nitrogen and oxygen atoms in total. The van der Waals surface area contributed by atoms with Gasteiger partial charge in [-0.15, -0.1) is 11.3 Å². The molecule has 7 heteroatoms. The number of nitrogens with two attached hydrogens (primary N) is 1. The number of allylic oxidation sites excluding steroid dienone is 2. The number of carbonyl (C=O) groups excluding carboxylic acids is 1. The lowest BCUT2D eigenvalue weighted by Gasteiger charge is -2.31. The van der Waals surface area contributed by atoms with E-state index in [1.807, 2.05) is 61.5 Å². The Kier molecular flexibility index (Phi) is 6.63. The fraction of sp³-hybridized carbons (Fsp3) is 0.0690. The Morgan fingerprint density at radius 3 is 2.36 bits per heavy atom. The summed E-state index contributed by atoms with van der Waals surface area (Å²) >= 11 is 14.1. The van der Waals surface area contributed by atoms with Crippen molar-refractivity contribution in [1.82, 2.24) is 0 Å². The van der Waals surface area contributed by atoms with Crippen LogP contribution >= 0.6 is 34.5 Å². The molecule has 0 saturated heterocycles. The van der Waals surface area contributed by atoms with Gasteiger partial charge in [-0.2, -0.15) is 0 Å². The Bertz CT molecular complexity index is 1510. The highest BCUT2D eigenvalue weighted by Gasteiger charge is 2.36. The van der Waals surface area contributed by atoms with Gasteiger partial charge in [0, 0.05) is 49.7 Å². The fourth-order valence-electron chi connectivity index (χ4n) is 4.52. The van der Waals surface area contributed by atoms with Crippen molar-refractivity contribution >= 4 is 56.7 Å². The van der Waals surface area contributed by atoms with Gasteiger partial charge in [0.05, 0.1) is 10.7 Å². The van der Waals surface area contributed by atoms with Gasteiger partial charge in [-0.3, -0.25) is 4.79 Å².